The zero-order valence-corrected chi connectivity index (χ0v) is 10.2. The minimum atomic E-state index is -0.961. The fraction of sp³-hybridized carbons (Fsp3) is 0.214. The maximum absolute atomic E-state index is 13.1. The van der Waals surface area contributed by atoms with E-state index in [4.69, 9.17) is 0 Å². The first-order valence-electron chi connectivity index (χ1n) is 6.07. The summed E-state index contributed by atoms with van der Waals surface area (Å²) in [6.45, 7) is 0. The maximum atomic E-state index is 13.1. The van der Waals surface area contributed by atoms with E-state index in [2.05, 4.69) is 0 Å². The monoisotopic (exact) mass is 260 g/mol. The minimum absolute atomic E-state index is 0.0578. The smallest absolute Gasteiger partial charge is 0.231 e. The first-order chi connectivity index (χ1) is 9.15. The Balaban J connectivity index is 1.84. The second kappa shape index (κ2) is 4.51. The van der Waals surface area contributed by atoms with Crippen LogP contribution in [0.3, 0.4) is 0 Å². The van der Waals surface area contributed by atoms with E-state index in [-0.39, 0.29) is 11.7 Å². The molecule has 2 aliphatic rings. The molecule has 1 aromatic rings. The molecule has 0 saturated carbocycles. The summed E-state index contributed by atoms with van der Waals surface area (Å²) in [6.07, 6.45) is 5.16. The number of hydrogen-bond acceptors (Lipinski definition) is 3. The van der Waals surface area contributed by atoms with Crippen molar-refractivity contribution in [2.45, 2.75) is 19.1 Å². The topological polar surface area (TPSA) is 43.8 Å². The Morgan fingerprint density at radius 2 is 2.11 bits per heavy atom. The Morgan fingerprint density at radius 3 is 2.89 bits per heavy atom. The molecule has 5 heteroatoms. The lowest BCUT2D eigenvalue weighted by Crippen LogP contribution is -2.27. The second-order valence-corrected chi connectivity index (χ2v) is 4.56. The number of aliphatic hydroxyl groups excluding tert-OH is 1. The van der Waals surface area contributed by atoms with E-state index in [0.717, 1.165) is 5.70 Å². The van der Waals surface area contributed by atoms with Gasteiger partial charge in [0.1, 0.15) is 5.82 Å². The molecule has 1 unspecified atom stereocenters. The number of allylic oxidation sites excluding steroid dienone is 1. The summed E-state index contributed by atoms with van der Waals surface area (Å²) in [5.41, 5.74) is 1.32. The third kappa shape index (κ3) is 2.13. The molecule has 1 amide bonds. The van der Waals surface area contributed by atoms with E-state index in [9.17, 15) is 14.3 Å². The van der Waals surface area contributed by atoms with Crippen LogP contribution in [0, 0.1) is 5.82 Å². The Hall–Kier alpha value is -2.14. The van der Waals surface area contributed by atoms with Gasteiger partial charge in [0.25, 0.3) is 0 Å². The fourth-order valence-corrected chi connectivity index (χ4v) is 2.29. The number of nitrogens with zero attached hydrogens (tertiary/aromatic N) is 2. The number of carbonyl (C=O) groups is 1. The number of rotatable bonds is 2. The lowest BCUT2D eigenvalue weighted by molar-refractivity contribution is -0.124. The van der Waals surface area contributed by atoms with E-state index in [1.165, 1.54) is 12.1 Å². The molecule has 0 aromatic heterocycles. The van der Waals surface area contributed by atoms with E-state index in [1.54, 1.807) is 40.5 Å². The van der Waals surface area contributed by atoms with E-state index in [1.807, 2.05) is 0 Å². The Labute approximate surface area is 110 Å². The van der Waals surface area contributed by atoms with Crippen LogP contribution < -0.4 is 0 Å². The van der Waals surface area contributed by atoms with Crippen LogP contribution in [-0.2, 0) is 4.79 Å². The Morgan fingerprint density at radius 1 is 1.26 bits per heavy atom. The number of hydrogen-bond donors (Lipinski definition) is 1. The molecule has 0 radical (unpaired) electrons. The van der Waals surface area contributed by atoms with Gasteiger partial charge >= 0.3 is 0 Å². The van der Waals surface area contributed by atoms with Gasteiger partial charge in [-0.15, -0.1) is 0 Å². The molecule has 2 aliphatic heterocycles. The van der Waals surface area contributed by atoms with Crippen LogP contribution in [0.25, 0.3) is 0 Å². The van der Waals surface area contributed by atoms with Crippen LogP contribution >= 0.6 is 0 Å². The van der Waals surface area contributed by atoms with Crippen molar-refractivity contribution in [2.24, 2.45) is 0 Å². The van der Waals surface area contributed by atoms with Crippen molar-refractivity contribution in [3.8, 4) is 0 Å². The van der Waals surface area contributed by atoms with Crippen LogP contribution in [0.5, 0.6) is 0 Å². The van der Waals surface area contributed by atoms with Crippen LogP contribution in [-0.4, -0.2) is 20.8 Å². The zero-order chi connectivity index (χ0) is 13.4. The van der Waals surface area contributed by atoms with Crippen molar-refractivity contribution in [1.29, 1.82) is 0 Å². The van der Waals surface area contributed by atoms with Crippen LogP contribution in [0.15, 0.2) is 48.6 Å². The summed E-state index contributed by atoms with van der Waals surface area (Å²) < 4.78 is 13.1. The van der Waals surface area contributed by atoms with Gasteiger partial charge in [-0.3, -0.25) is 9.69 Å². The predicted molar refractivity (Wildman–Crippen MR) is 66.5 cm³/mol. The average Bonchev–Trinajstić information content (AvgIpc) is 2.79. The number of benzene rings is 1. The summed E-state index contributed by atoms with van der Waals surface area (Å²) in [5, 5.41) is 10.2. The molecule has 19 heavy (non-hydrogen) atoms. The summed E-state index contributed by atoms with van der Waals surface area (Å²) in [5.74, 6) is -0.328. The molecule has 0 aliphatic carbocycles. The largest absolute Gasteiger partial charge is 0.369 e. The lowest BCUT2D eigenvalue weighted by atomic mass is 10.1. The molecule has 0 spiro atoms. The predicted octanol–water partition coefficient (Wildman–Crippen LogP) is 2.07. The summed E-state index contributed by atoms with van der Waals surface area (Å²) in [4.78, 5) is 14.6. The molecule has 1 atom stereocenters. The fourth-order valence-electron chi connectivity index (χ4n) is 2.29. The number of halogens is 1. The number of aliphatic hydroxyl groups is 1. The second-order valence-electron chi connectivity index (χ2n) is 4.56. The standard InChI is InChI=1S/C14H13FN2O2/c15-11-3-1-2-10(8-11)14(19)16-6-7-17-12(9-16)4-5-13(17)18/h1-3,6-9,14,19H,4-5H2. The number of fused-ring (bicyclic) bond motifs is 1. The lowest BCUT2D eigenvalue weighted by Gasteiger charge is -2.29. The van der Waals surface area contributed by atoms with Gasteiger partial charge < -0.3 is 10.0 Å². The molecular formula is C14H13FN2O2. The quantitative estimate of drug-likeness (QED) is 0.885. The van der Waals surface area contributed by atoms with Crippen molar-refractivity contribution >= 4 is 5.91 Å². The van der Waals surface area contributed by atoms with Gasteiger partial charge in [0.05, 0.1) is 0 Å². The van der Waals surface area contributed by atoms with E-state index < -0.39 is 6.23 Å². The highest BCUT2D eigenvalue weighted by molar-refractivity contribution is 5.82. The van der Waals surface area contributed by atoms with Crippen LogP contribution in [0.2, 0.25) is 0 Å². The molecule has 4 nitrogen and oxygen atoms in total. The van der Waals surface area contributed by atoms with Gasteiger partial charge in [0.15, 0.2) is 6.23 Å². The van der Waals surface area contributed by atoms with E-state index >= 15 is 0 Å². The summed E-state index contributed by atoms with van der Waals surface area (Å²) in [6, 6.07) is 5.84. The molecule has 0 bridgehead atoms. The molecular weight excluding hydrogens is 247 g/mol. The van der Waals surface area contributed by atoms with Gasteiger partial charge in [-0.1, -0.05) is 12.1 Å². The molecule has 1 fully saturated rings. The third-order valence-electron chi connectivity index (χ3n) is 3.29. The molecule has 3 rings (SSSR count). The first-order valence-corrected chi connectivity index (χ1v) is 6.07. The summed E-state index contributed by atoms with van der Waals surface area (Å²) in [7, 11) is 0. The van der Waals surface area contributed by atoms with Crippen LogP contribution in [0.4, 0.5) is 4.39 Å². The maximum Gasteiger partial charge on any atom is 0.231 e. The number of amides is 1. The third-order valence-corrected chi connectivity index (χ3v) is 3.29. The van der Waals surface area contributed by atoms with Gasteiger partial charge in [0, 0.05) is 36.3 Å². The average molecular weight is 260 g/mol. The van der Waals surface area contributed by atoms with Crippen molar-refractivity contribution in [3.63, 3.8) is 0 Å². The Bertz CT molecular complexity index is 583. The Kier molecular flexibility index (Phi) is 2.83. The molecule has 1 aromatic carbocycles. The highest BCUT2D eigenvalue weighted by Crippen LogP contribution is 2.30. The highest BCUT2D eigenvalue weighted by Gasteiger charge is 2.28. The number of carbonyl (C=O) groups excluding carboxylic acids is 1. The van der Waals surface area contributed by atoms with Crippen LogP contribution in [0.1, 0.15) is 24.6 Å². The molecule has 1 saturated heterocycles. The van der Waals surface area contributed by atoms with Crippen molar-refractivity contribution in [2.75, 3.05) is 0 Å². The van der Waals surface area contributed by atoms with Crippen molar-refractivity contribution < 1.29 is 14.3 Å². The van der Waals surface area contributed by atoms with Gasteiger partial charge in [-0.05, 0) is 18.6 Å². The zero-order valence-electron chi connectivity index (χ0n) is 10.2. The van der Waals surface area contributed by atoms with Crippen molar-refractivity contribution in [3.05, 3.63) is 59.9 Å². The van der Waals surface area contributed by atoms with Gasteiger partial charge in [-0.2, -0.15) is 0 Å². The van der Waals surface area contributed by atoms with Crippen molar-refractivity contribution in [1.82, 2.24) is 9.80 Å². The first kappa shape index (κ1) is 11.9. The minimum Gasteiger partial charge on any atom is -0.369 e. The summed E-state index contributed by atoms with van der Waals surface area (Å²) >= 11 is 0. The molecule has 1 N–H and O–H groups in total. The highest BCUT2D eigenvalue weighted by atomic mass is 19.1. The molecule has 98 valence electrons. The SMILES string of the molecule is O=C1CCC2=CN(C(O)c3cccc(F)c3)C=CN12. The van der Waals surface area contributed by atoms with E-state index in [0.29, 0.717) is 18.4 Å². The molecule has 2 heterocycles. The van der Waals surface area contributed by atoms with Gasteiger partial charge in [0.2, 0.25) is 5.91 Å². The van der Waals surface area contributed by atoms with Gasteiger partial charge in [-0.25, -0.2) is 4.39 Å². The normalized spacial score (nSPS) is 19.5.